The second-order valence-electron chi connectivity index (χ2n) is 19.8. The van der Waals surface area contributed by atoms with E-state index in [0.717, 1.165) is 28.1 Å². The quantitative estimate of drug-likeness (QED) is 0.0149. The smallest absolute Gasteiger partial charge is 0.478 e. The van der Waals surface area contributed by atoms with E-state index >= 15 is 0 Å². The molecule has 1 aliphatic carbocycles. The lowest BCUT2D eigenvalue weighted by Crippen LogP contribution is -2.53. The highest BCUT2D eigenvalue weighted by Crippen LogP contribution is 2.66. The molecule has 5 unspecified atom stereocenters. The number of nitrogens with zero attached hydrogens (tertiary/aromatic N) is 2. The highest BCUT2D eigenvalue weighted by atomic mass is 33.1. The minimum Gasteiger partial charge on any atom is -0.478 e. The second kappa shape index (κ2) is 27.8. The van der Waals surface area contributed by atoms with E-state index in [1.807, 2.05) is 80.5 Å². The van der Waals surface area contributed by atoms with Crippen LogP contribution in [-0.2, 0) is 45.8 Å². The summed E-state index contributed by atoms with van der Waals surface area (Å²) in [5.74, 6) is 3.88. The van der Waals surface area contributed by atoms with Crippen molar-refractivity contribution >= 4 is 95.8 Å². The molecular formula is C49H66N5O19P3S4. The molecule has 80 heavy (non-hydrogen) atoms. The van der Waals surface area contributed by atoms with Crippen LogP contribution in [0.25, 0.3) is 0 Å². The number of phosphoric acid groups is 3. The van der Waals surface area contributed by atoms with E-state index in [0.29, 0.717) is 30.2 Å². The summed E-state index contributed by atoms with van der Waals surface area (Å²) in [5, 5.41) is 30.2. The van der Waals surface area contributed by atoms with Crippen LogP contribution in [0.2, 0.25) is 0 Å². The molecule has 0 radical (unpaired) electrons. The van der Waals surface area contributed by atoms with Gasteiger partial charge in [-0.1, -0.05) is 87.9 Å². The SMILES string of the molecule is CCN=C1C=C2Oc3cc(NCC)c(C)cc3C(c3ccc(C(=O)NCC(C)(C)SSCOCC#CC4=CN([C@H]5C[C@@H](OCSSC(C)(C)C)[C@@H](COP(=O)(O)OP(=O)(O)OP(=O)(O)O)O5)C(O)NC4=O)cc3C(=O)O)C2C=C1C. The van der Waals surface area contributed by atoms with Gasteiger partial charge in [-0.3, -0.25) is 19.1 Å². The van der Waals surface area contributed by atoms with Crippen molar-refractivity contribution in [2.75, 3.05) is 50.0 Å². The fourth-order valence-corrected chi connectivity index (χ4v) is 15.6. The molecule has 0 bridgehead atoms. The molecule has 4 aliphatic rings. The van der Waals surface area contributed by atoms with Crippen LogP contribution in [0, 0.1) is 24.7 Å². The number of carboxylic acid groups (broad SMARTS) is 1. The van der Waals surface area contributed by atoms with E-state index in [2.05, 4.69) is 47.5 Å². The monoisotopic (exact) mass is 1250 g/mol. The third kappa shape index (κ3) is 18.7. The molecule has 0 saturated carbocycles. The van der Waals surface area contributed by atoms with Crippen molar-refractivity contribution in [3.8, 4) is 17.6 Å². The first-order chi connectivity index (χ1) is 37.4. The van der Waals surface area contributed by atoms with Crippen LogP contribution < -0.4 is 20.7 Å². The normalized spacial score (nSPS) is 23.2. The molecule has 2 aromatic carbocycles. The van der Waals surface area contributed by atoms with E-state index in [1.54, 1.807) is 12.1 Å². The minimum atomic E-state index is -5.79. The molecule has 0 spiro atoms. The van der Waals surface area contributed by atoms with Crippen molar-refractivity contribution in [3.63, 3.8) is 0 Å². The lowest BCUT2D eigenvalue weighted by Gasteiger charge is -2.37. The predicted molar refractivity (Wildman–Crippen MR) is 307 cm³/mol. The van der Waals surface area contributed by atoms with Crippen LogP contribution >= 0.6 is 66.6 Å². The van der Waals surface area contributed by atoms with Gasteiger partial charge in [0, 0.05) is 82.5 Å². The number of carbonyl (C=O) groups is 3. The zero-order chi connectivity index (χ0) is 59.0. The number of aliphatic imine (C=N–C) groups is 1. The van der Waals surface area contributed by atoms with Gasteiger partial charge in [0.1, 0.15) is 47.9 Å². The molecule has 2 amide bonds. The summed E-state index contributed by atoms with van der Waals surface area (Å²) in [6.07, 6.45) is 0.460. The zero-order valence-electron chi connectivity index (χ0n) is 45.1. The van der Waals surface area contributed by atoms with Gasteiger partial charge in [-0.25, -0.2) is 18.5 Å². The van der Waals surface area contributed by atoms with Gasteiger partial charge in [0.15, 0.2) is 0 Å². The van der Waals surface area contributed by atoms with Crippen molar-refractivity contribution in [2.24, 2.45) is 10.9 Å². The van der Waals surface area contributed by atoms with E-state index in [4.69, 9.17) is 33.3 Å². The molecule has 24 nitrogen and oxygen atoms in total. The number of hydrogen-bond donors (Lipinski definition) is 9. The van der Waals surface area contributed by atoms with E-state index in [1.165, 1.54) is 60.3 Å². The third-order valence-electron chi connectivity index (χ3n) is 11.8. The summed E-state index contributed by atoms with van der Waals surface area (Å²) in [7, 11) is -11.3. The number of carbonyl (C=O) groups excluding carboxylic acids is 2. The van der Waals surface area contributed by atoms with Gasteiger partial charge in [0.05, 0.1) is 24.0 Å². The number of aryl methyl sites for hydroxylation is 1. The standard InChI is InChI=1S/C49H66N5O19P3S4/c1-10-50-36-20-38-34(17-28(36)3)43(35-18-29(4)37(51-11-2)21-39(35)70-38)32-15-14-30(19-33(32)46(57)58)44(55)52-25-49(8,9)80-77-26-67-16-12-13-31-23-54(47(59)53-45(31)56)42-22-40(68-27-78-79-48(5,6)7)41(71-42)24-69-75(63,64)73-76(65,66)72-74(60,61)62/h14-15,17-21,23,34,40-43,47,51,59H,10-11,16,22,24-27H2,1-9H3,(H,52,55)(H,53,56)(H,57,58)(H,63,64)(H,65,66)(H2,60,61,62)/t34?,40-,41-,42-,43?,47?/m1/s1. The third-order valence-corrected chi connectivity index (χ3v) is 21.6. The molecule has 3 aliphatic heterocycles. The number of nitrogens with one attached hydrogen (secondary N) is 3. The maximum Gasteiger partial charge on any atom is 0.490 e. The van der Waals surface area contributed by atoms with Crippen LogP contribution in [0.15, 0.2) is 70.6 Å². The summed E-state index contributed by atoms with van der Waals surface area (Å²) in [6.45, 7) is 18.3. The number of ether oxygens (including phenoxy) is 4. The Morgan fingerprint density at radius 2 is 1.70 bits per heavy atom. The van der Waals surface area contributed by atoms with E-state index < -0.39 is 83.3 Å². The number of rotatable bonds is 25. The number of hydrogen-bond acceptors (Lipinski definition) is 21. The van der Waals surface area contributed by atoms with Gasteiger partial charge < -0.3 is 69.6 Å². The second-order valence-corrected chi connectivity index (χ2v) is 30.3. The molecule has 1 saturated heterocycles. The van der Waals surface area contributed by atoms with Crippen molar-refractivity contribution in [2.45, 2.75) is 109 Å². The van der Waals surface area contributed by atoms with E-state index in [-0.39, 0.29) is 58.8 Å². The number of carboxylic acids is 1. The molecule has 6 rings (SSSR count). The molecule has 9 N–H and O–H groups in total. The Balaban J connectivity index is 1.04. The number of aliphatic hydroxyl groups excluding tert-OH is 1. The summed E-state index contributed by atoms with van der Waals surface area (Å²) in [5.41, 5.74) is 5.10. The molecule has 2 aromatic rings. The number of benzene rings is 2. The number of amides is 2. The Hall–Kier alpha value is -3.65. The molecule has 3 heterocycles. The summed E-state index contributed by atoms with van der Waals surface area (Å²) >= 11 is 0. The minimum absolute atomic E-state index is 0.00296. The molecular weight excluding hydrogens is 1180 g/mol. The summed E-state index contributed by atoms with van der Waals surface area (Å²) < 4.78 is 71.4. The maximum absolute atomic E-state index is 13.7. The number of anilines is 1. The largest absolute Gasteiger partial charge is 0.490 e. The Morgan fingerprint density at radius 1 is 0.975 bits per heavy atom. The van der Waals surface area contributed by atoms with Gasteiger partial charge in [-0.05, 0) is 76.4 Å². The van der Waals surface area contributed by atoms with Crippen molar-refractivity contribution < 1.29 is 90.0 Å². The average Bonchev–Trinajstić information content (AvgIpc) is 3.86. The summed E-state index contributed by atoms with van der Waals surface area (Å²) in [6, 6.07) is 8.75. The topological polar surface area (TPSA) is 340 Å². The average molecular weight is 1250 g/mol. The van der Waals surface area contributed by atoms with Gasteiger partial charge in [0.2, 0.25) is 6.35 Å². The molecule has 31 heteroatoms. The molecule has 1 fully saturated rings. The number of phosphoric ester groups is 1. The van der Waals surface area contributed by atoms with Crippen LogP contribution in [0.1, 0.15) is 105 Å². The Kier molecular flexibility index (Phi) is 22.8. The Labute approximate surface area is 479 Å². The number of allylic oxidation sites excluding steroid dienone is 3. The Bertz CT molecular complexity index is 2990. The van der Waals surface area contributed by atoms with Gasteiger partial charge in [-0.2, -0.15) is 8.62 Å². The fraction of sp³-hybridized carbons (Fsp3) is 0.510. The lowest BCUT2D eigenvalue weighted by atomic mass is 9.73. The van der Waals surface area contributed by atoms with Crippen LogP contribution in [0.3, 0.4) is 0 Å². The fourth-order valence-electron chi connectivity index (χ4n) is 8.48. The van der Waals surface area contributed by atoms with Gasteiger partial charge in [0.25, 0.3) is 11.8 Å². The maximum atomic E-state index is 13.7. The van der Waals surface area contributed by atoms with Crippen LogP contribution in [0.4, 0.5) is 5.69 Å². The van der Waals surface area contributed by atoms with Crippen molar-refractivity contribution in [1.82, 2.24) is 15.5 Å². The molecule has 8 atom stereocenters. The molecule has 440 valence electrons. The predicted octanol–water partition coefficient (Wildman–Crippen LogP) is 8.01. The van der Waals surface area contributed by atoms with Crippen molar-refractivity contribution in [3.05, 3.63) is 93.4 Å². The Morgan fingerprint density at radius 3 is 2.38 bits per heavy atom. The first kappa shape index (κ1) is 65.5. The van der Waals surface area contributed by atoms with Gasteiger partial charge >= 0.3 is 29.4 Å². The first-order valence-corrected chi connectivity index (χ1v) is 33.9. The zero-order valence-corrected chi connectivity index (χ0v) is 51.0. The van der Waals surface area contributed by atoms with Crippen molar-refractivity contribution in [1.29, 1.82) is 0 Å². The van der Waals surface area contributed by atoms with Crippen LogP contribution in [-0.4, -0.2) is 137 Å². The lowest BCUT2D eigenvalue weighted by molar-refractivity contribution is -0.143. The molecule has 0 aromatic heterocycles. The first-order valence-electron chi connectivity index (χ1n) is 24.8. The number of fused-ring (bicyclic) bond motifs is 2. The van der Waals surface area contributed by atoms with Gasteiger partial charge in [-0.15, -0.1) is 0 Å². The number of aromatic carboxylic acids is 1. The number of aliphatic hydroxyl groups is 1. The van der Waals surface area contributed by atoms with E-state index in [9.17, 15) is 48.1 Å². The summed E-state index contributed by atoms with van der Waals surface area (Å²) in [4.78, 5) is 82.8. The highest BCUT2D eigenvalue weighted by molar-refractivity contribution is 8.77. The highest BCUT2D eigenvalue weighted by Gasteiger charge is 2.46. The van der Waals surface area contributed by atoms with Crippen LogP contribution in [0.5, 0.6) is 5.75 Å².